The van der Waals surface area contributed by atoms with Crippen LogP contribution in [-0.4, -0.2) is 107 Å². The van der Waals surface area contributed by atoms with Gasteiger partial charge < -0.3 is 19.4 Å². The zero-order valence-electron chi connectivity index (χ0n) is 29.1. The number of halogens is 1. The number of amides is 3. The van der Waals surface area contributed by atoms with Gasteiger partial charge in [0.1, 0.15) is 6.04 Å². The van der Waals surface area contributed by atoms with E-state index in [4.69, 9.17) is 16.3 Å². The van der Waals surface area contributed by atoms with Gasteiger partial charge in [-0.05, 0) is 89.3 Å². The second kappa shape index (κ2) is 14.9. The molecule has 0 spiro atoms. The summed E-state index contributed by atoms with van der Waals surface area (Å²) in [5, 5.41) is 0.676. The van der Waals surface area contributed by atoms with Gasteiger partial charge >= 0.3 is 0 Å². The van der Waals surface area contributed by atoms with Crippen LogP contribution in [0.1, 0.15) is 98.0 Å². The summed E-state index contributed by atoms with van der Waals surface area (Å²) in [4.78, 5) is 51.9. The molecule has 5 rings (SSSR count). The molecule has 0 unspecified atom stereocenters. The Morgan fingerprint density at radius 2 is 1.54 bits per heavy atom. The van der Waals surface area contributed by atoms with E-state index in [1.54, 1.807) is 0 Å². The van der Waals surface area contributed by atoms with Crippen molar-refractivity contribution in [3.05, 3.63) is 34.9 Å². The van der Waals surface area contributed by atoms with Crippen molar-refractivity contribution < 1.29 is 19.1 Å². The standard InChI is InChI=1S/C37H57ClN4O4/c1-7-26(8-2)34(43)42(29-15-9-25(3)10-16-29)30-21-33(36(45)39-17-19-46-20-18-39)41(22-30)35(44)32-24-40(37(4,5)6)23-31(32)27-11-13-28(38)14-12-27/h11-14,25-26,29-33H,7-10,15-24H2,1-6H3/t25?,29?,30-,31-,32+,33-/m0/s1. The summed E-state index contributed by atoms with van der Waals surface area (Å²) in [6.45, 7) is 17.0. The van der Waals surface area contributed by atoms with Crippen LogP contribution < -0.4 is 0 Å². The lowest BCUT2D eigenvalue weighted by Crippen LogP contribution is -2.53. The number of carbonyl (C=O) groups excluding carboxylic acids is 3. The van der Waals surface area contributed by atoms with Gasteiger partial charge in [0, 0.05) is 61.2 Å². The monoisotopic (exact) mass is 656 g/mol. The van der Waals surface area contributed by atoms with Crippen LogP contribution in [-0.2, 0) is 19.1 Å². The minimum Gasteiger partial charge on any atom is -0.378 e. The minimum absolute atomic E-state index is 0.0000609. The van der Waals surface area contributed by atoms with Gasteiger partial charge in [0.05, 0.1) is 25.2 Å². The lowest BCUT2D eigenvalue weighted by molar-refractivity contribution is -0.148. The van der Waals surface area contributed by atoms with Gasteiger partial charge in [-0.2, -0.15) is 0 Å². The number of morpholine rings is 1. The SMILES string of the molecule is CCC(CC)C(=O)N(C1CCC(C)CC1)[C@H]1C[C@@H](C(=O)N2CCOCC2)N(C(=O)[C@@H]2CN(C(C)(C)C)C[C@H]2c2ccc(Cl)cc2)C1. The van der Waals surface area contributed by atoms with E-state index in [1.165, 1.54) is 0 Å². The highest BCUT2D eigenvalue weighted by atomic mass is 35.5. The summed E-state index contributed by atoms with van der Waals surface area (Å²) in [5.74, 6) is 0.564. The van der Waals surface area contributed by atoms with Crippen LogP contribution in [0.5, 0.6) is 0 Å². The highest BCUT2D eigenvalue weighted by Crippen LogP contribution is 2.40. The number of carbonyl (C=O) groups is 3. The number of hydrogen-bond donors (Lipinski definition) is 0. The Morgan fingerprint density at radius 1 is 0.913 bits per heavy atom. The number of rotatable bonds is 8. The van der Waals surface area contributed by atoms with Crippen molar-refractivity contribution in [1.29, 1.82) is 0 Å². The van der Waals surface area contributed by atoms with E-state index < -0.39 is 6.04 Å². The Balaban J connectivity index is 1.49. The van der Waals surface area contributed by atoms with Crippen molar-refractivity contribution >= 4 is 29.3 Å². The van der Waals surface area contributed by atoms with Crippen LogP contribution in [0.15, 0.2) is 24.3 Å². The number of nitrogens with zero attached hydrogens (tertiary/aromatic N) is 4. The van der Waals surface area contributed by atoms with Gasteiger partial charge in [0.15, 0.2) is 0 Å². The molecular formula is C37H57ClN4O4. The molecule has 1 saturated carbocycles. The maximum absolute atomic E-state index is 14.9. The van der Waals surface area contributed by atoms with E-state index in [0.29, 0.717) is 56.8 Å². The van der Waals surface area contributed by atoms with Gasteiger partial charge in [-0.3, -0.25) is 19.3 Å². The molecule has 1 aromatic carbocycles. The van der Waals surface area contributed by atoms with Crippen LogP contribution in [0.3, 0.4) is 0 Å². The summed E-state index contributed by atoms with van der Waals surface area (Å²) < 4.78 is 5.57. The Hall–Kier alpha value is -2.16. The summed E-state index contributed by atoms with van der Waals surface area (Å²) in [7, 11) is 0. The predicted octanol–water partition coefficient (Wildman–Crippen LogP) is 5.83. The smallest absolute Gasteiger partial charge is 0.245 e. The highest BCUT2D eigenvalue weighted by Gasteiger charge is 2.51. The van der Waals surface area contributed by atoms with Crippen molar-refractivity contribution in [3.63, 3.8) is 0 Å². The minimum atomic E-state index is -0.579. The molecule has 3 aliphatic heterocycles. The first-order valence-corrected chi connectivity index (χ1v) is 18.3. The number of benzene rings is 1. The molecule has 256 valence electrons. The van der Waals surface area contributed by atoms with Crippen molar-refractivity contribution in [2.75, 3.05) is 45.9 Å². The first-order valence-electron chi connectivity index (χ1n) is 17.9. The highest BCUT2D eigenvalue weighted by molar-refractivity contribution is 6.30. The van der Waals surface area contributed by atoms with E-state index in [0.717, 1.165) is 50.6 Å². The molecule has 3 heterocycles. The van der Waals surface area contributed by atoms with Gasteiger partial charge in [-0.1, -0.05) is 44.5 Å². The van der Waals surface area contributed by atoms with Crippen LogP contribution in [0.25, 0.3) is 0 Å². The van der Waals surface area contributed by atoms with E-state index in [9.17, 15) is 14.4 Å². The molecule has 9 heteroatoms. The Bertz CT molecular complexity index is 1200. The summed E-state index contributed by atoms with van der Waals surface area (Å²) >= 11 is 6.27. The normalized spacial score (nSPS) is 29.4. The zero-order chi connectivity index (χ0) is 33.2. The quantitative estimate of drug-likeness (QED) is 0.352. The van der Waals surface area contributed by atoms with Crippen molar-refractivity contribution in [2.24, 2.45) is 17.8 Å². The Labute approximate surface area is 282 Å². The van der Waals surface area contributed by atoms with Crippen LogP contribution in [0, 0.1) is 17.8 Å². The van der Waals surface area contributed by atoms with E-state index >= 15 is 0 Å². The molecule has 4 atom stereocenters. The fourth-order valence-electron chi connectivity index (χ4n) is 8.38. The zero-order valence-corrected chi connectivity index (χ0v) is 29.8. The maximum atomic E-state index is 14.9. The van der Waals surface area contributed by atoms with Gasteiger partial charge in [0.25, 0.3) is 0 Å². The number of likely N-dealkylation sites (tertiary alicyclic amines) is 2. The first-order chi connectivity index (χ1) is 21.9. The molecule has 46 heavy (non-hydrogen) atoms. The topological polar surface area (TPSA) is 73.4 Å². The van der Waals surface area contributed by atoms with Crippen LogP contribution in [0.4, 0.5) is 0 Å². The van der Waals surface area contributed by atoms with Gasteiger partial charge in [-0.15, -0.1) is 0 Å². The van der Waals surface area contributed by atoms with E-state index in [-0.39, 0.29) is 53.1 Å². The van der Waals surface area contributed by atoms with Crippen molar-refractivity contribution in [2.45, 2.75) is 116 Å². The molecule has 0 radical (unpaired) electrons. The molecule has 4 aliphatic rings. The molecule has 0 bridgehead atoms. The molecule has 0 aromatic heterocycles. The molecule has 1 aliphatic carbocycles. The molecular weight excluding hydrogens is 600 g/mol. The predicted molar refractivity (Wildman–Crippen MR) is 183 cm³/mol. The second-order valence-corrected chi connectivity index (χ2v) is 15.8. The molecule has 3 saturated heterocycles. The summed E-state index contributed by atoms with van der Waals surface area (Å²) in [5.41, 5.74) is 0.996. The number of hydrogen-bond acceptors (Lipinski definition) is 5. The third-order valence-electron chi connectivity index (χ3n) is 11.4. The molecule has 8 nitrogen and oxygen atoms in total. The van der Waals surface area contributed by atoms with Gasteiger partial charge in [-0.25, -0.2) is 0 Å². The fourth-order valence-corrected chi connectivity index (χ4v) is 8.50. The summed E-state index contributed by atoms with van der Waals surface area (Å²) in [6.07, 6.45) is 6.29. The first kappa shape index (κ1) is 35.2. The summed E-state index contributed by atoms with van der Waals surface area (Å²) in [6, 6.07) is 7.31. The molecule has 1 aromatic rings. The fraction of sp³-hybridized carbons (Fsp3) is 0.757. The lowest BCUT2D eigenvalue weighted by atomic mass is 9.85. The van der Waals surface area contributed by atoms with Crippen LogP contribution >= 0.6 is 11.6 Å². The second-order valence-electron chi connectivity index (χ2n) is 15.3. The molecule has 0 N–H and O–H groups in total. The van der Waals surface area contributed by atoms with E-state index in [2.05, 4.69) is 51.3 Å². The largest absolute Gasteiger partial charge is 0.378 e. The van der Waals surface area contributed by atoms with Crippen molar-refractivity contribution in [1.82, 2.24) is 19.6 Å². The maximum Gasteiger partial charge on any atom is 0.245 e. The third kappa shape index (κ3) is 7.60. The van der Waals surface area contributed by atoms with E-state index in [1.807, 2.05) is 34.1 Å². The van der Waals surface area contributed by atoms with Gasteiger partial charge in [0.2, 0.25) is 17.7 Å². The molecule has 3 amide bonds. The third-order valence-corrected chi connectivity index (χ3v) is 11.7. The molecule has 4 fully saturated rings. The number of ether oxygens (including phenoxy) is 1. The average molecular weight is 657 g/mol. The van der Waals surface area contributed by atoms with Crippen molar-refractivity contribution in [3.8, 4) is 0 Å². The average Bonchev–Trinajstić information content (AvgIpc) is 3.69. The van der Waals surface area contributed by atoms with Crippen LogP contribution in [0.2, 0.25) is 5.02 Å². The Morgan fingerprint density at radius 3 is 2.13 bits per heavy atom. The Kier molecular flexibility index (Phi) is 11.4. The lowest BCUT2D eigenvalue weighted by Gasteiger charge is -2.41.